The van der Waals surface area contributed by atoms with Crippen LogP contribution in [0, 0.1) is 0 Å². The van der Waals surface area contributed by atoms with Gasteiger partial charge in [0.15, 0.2) is 0 Å². The Balaban J connectivity index is 2.50. The van der Waals surface area contributed by atoms with Crippen LogP contribution >= 0.6 is 11.6 Å². The van der Waals surface area contributed by atoms with E-state index < -0.39 is 11.7 Å². The van der Waals surface area contributed by atoms with Crippen molar-refractivity contribution in [2.24, 2.45) is 0 Å². The molecule has 1 aromatic carbocycles. The first-order chi connectivity index (χ1) is 7.50. The summed E-state index contributed by atoms with van der Waals surface area (Å²) in [6.07, 6.45) is 0. The van der Waals surface area contributed by atoms with E-state index in [-0.39, 0.29) is 17.9 Å². The lowest BCUT2D eigenvalue weighted by Crippen LogP contribution is -2.33. The minimum atomic E-state index is -0.674. The normalized spacial score (nSPS) is 14.2. The molecule has 0 N–H and O–H groups in total. The van der Waals surface area contributed by atoms with Crippen molar-refractivity contribution in [3.05, 3.63) is 28.8 Å². The van der Waals surface area contributed by atoms with E-state index >= 15 is 0 Å². The van der Waals surface area contributed by atoms with Crippen molar-refractivity contribution in [2.45, 2.75) is 6.92 Å². The Labute approximate surface area is 96.8 Å². The first-order valence-electron chi connectivity index (χ1n) is 4.66. The molecule has 1 aromatic rings. The van der Waals surface area contributed by atoms with Gasteiger partial charge in [0.1, 0.15) is 5.78 Å². The molecule has 5 heteroatoms. The second kappa shape index (κ2) is 3.72. The van der Waals surface area contributed by atoms with E-state index in [0.29, 0.717) is 10.7 Å². The van der Waals surface area contributed by atoms with Crippen LogP contribution in [0.2, 0.25) is 5.02 Å². The van der Waals surface area contributed by atoms with Crippen molar-refractivity contribution >= 4 is 34.8 Å². The summed E-state index contributed by atoms with van der Waals surface area (Å²) >= 11 is 5.74. The minimum absolute atomic E-state index is 0.0841. The molecule has 0 aliphatic carbocycles. The van der Waals surface area contributed by atoms with Crippen molar-refractivity contribution in [2.75, 3.05) is 11.4 Å². The highest BCUT2D eigenvalue weighted by molar-refractivity contribution is 6.53. The summed E-state index contributed by atoms with van der Waals surface area (Å²) in [5.74, 6) is -1.46. The molecule has 0 saturated carbocycles. The number of carbonyl (C=O) groups is 3. The van der Waals surface area contributed by atoms with Gasteiger partial charge < -0.3 is 0 Å². The Morgan fingerprint density at radius 3 is 2.69 bits per heavy atom. The first kappa shape index (κ1) is 10.8. The number of halogens is 1. The molecule has 82 valence electrons. The minimum Gasteiger partial charge on any atom is -0.298 e. The SMILES string of the molecule is CC(=O)CN1C(=O)C(=O)c2cc(Cl)ccc21. The van der Waals surface area contributed by atoms with E-state index in [4.69, 9.17) is 11.6 Å². The van der Waals surface area contributed by atoms with Gasteiger partial charge in [0.25, 0.3) is 11.7 Å². The Bertz CT molecular complexity index is 510. The molecule has 0 spiro atoms. The molecular formula is C11H8ClNO3. The first-order valence-corrected chi connectivity index (χ1v) is 5.03. The van der Waals surface area contributed by atoms with Crippen LogP contribution in [0.3, 0.4) is 0 Å². The molecule has 0 unspecified atom stereocenters. The van der Waals surface area contributed by atoms with E-state index in [1.54, 1.807) is 12.1 Å². The number of rotatable bonds is 2. The third-order valence-corrected chi connectivity index (χ3v) is 2.55. The summed E-state index contributed by atoms with van der Waals surface area (Å²) in [6.45, 7) is 1.28. The summed E-state index contributed by atoms with van der Waals surface area (Å²) in [5, 5.41) is 0.393. The molecular weight excluding hydrogens is 230 g/mol. The topological polar surface area (TPSA) is 54.5 Å². The Kier molecular flexibility index (Phi) is 2.52. The van der Waals surface area contributed by atoms with E-state index in [1.165, 1.54) is 17.9 Å². The molecule has 1 aliphatic rings. The predicted octanol–water partition coefficient (Wildman–Crippen LogP) is 1.46. The maximum atomic E-state index is 11.6. The van der Waals surface area contributed by atoms with Gasteiger partial charge in [-0.1, -0.05) is 11.6 Å². The van der Waals surface area contributed by atoms with Crippen molar-refractivity contribution in [3.63, 3.8) is 0 Å². The van der Waals surface area contributed by atoms with Crippen molar-refractivity contribution in [1.82, 2.24) is 0 Å². The maximum absolute atomic E-state index is 11.6. The summed E-state index contributed by atoms with van der Waals surface area (Å²) in [6, 6.07) is 4.60. The summed E-state index contributed by atoms with van der Waals surface area (Å²) in [5.41, 5.74) is 0.716. The maximum Gasteiger partial charge on any atom is 0.299 e. The zero-order valence-electron chi connectivity index (χ0n) is 8.49. The summed E-state index contributed by atoms with van der Waals surface area (Å²) < 4.78 is 0. The van der Waals surface area contributed by atoms with Gasteiger partial charge in [0.2, 0.25) is 0 Å². The average molecular weight is 238 g/mol. The van der Waals surface area contributed by atoms with Crippen LogP contribution in [0.1, 0.15) is 17.3 Å². The van der Waals surface area contributed by atoms with Crippen LogP contribution < -0.4 is 4.90 Å². The largest absolute Gasteiger partial charge is 0.299 e. The lowest BCUT2D eigenvalue weighted by Gasteiger charge is -2.13. The Morgan fingerprint density at radius 1 is 1.38 bits per heavy atom. The number of nitrogens with zero attached hydrogens (tertiary/aromatic N) is 1. The molecule has 0 saturated heterocycles. The molecule has 1 amide bonds. The van der Waals surface area contributed by atoms with Crippen LogP contribution in [0.5, 0.6) is 0 Å². The summed E-state index contributed by atoms with van der Waals surface area (Å²) in [4.78, 5) is 35.3. The number of Topliss-reactive ketones (excluding diaryl/α,β-unsaturated/α-hetero) is 2. The monoisotopic (exact) mass is 237 g/mol. The van der Waals surface area contributed by atoms with Gasteiger partial charge in [-0.15, -0.1) is 0 Å². The zero-order valence-corrected chi connectivity index (χ0v) is 9.25. The number of anilines is 1. The fourth-order valence-corrected chi connectivity index (χ4v) is 1.82. The zero-order chi connectivity index (χ0) is 11.9. The number of fused-ring (bicyclic) bond motifs is 1. The number of hydrogen-bond donors (Lipinski definition) is 0. The van der Waals surface area contributed by atoms with Crippen molar-refractivity contribution in [3.8, 4) is 0 Å². The van der Waals surface area contributed by atoms with Crippen LogP contribution in [-0.2, 0) is 9.59 Å². The smallest absolute Gasteiger partial charge is 0.298 e. The second-order valence-corrected chi connectivity index (χ2v) is 4.02. The highest BCUT2D eigenvalue weighted by Crippen LogP contribution is 2.30. The third kappa shape index (κ3) is 1.61. The van der Waals surface area contributed by atoms with Crippen LogP contribution in [0.15, 0.2) is 18.2 Å². The Hall–Kier alpha value is -1.68. The molecule has 1 aliphatic heterocycles. The van der Waals surface area contributed by atoms with E-state index in [2.05, 4.69) is 0 Å². The van der Waals surface area contributed by atoms with Crippen molar-refractivity contribution in [1.29, 1.82) is 0 Å². The molecule has 16 heavy (non-hydrogen) atoms. The number of ketones is 2. The number of benzene rings is 1. The molecule has 1 heterocycles. The van der Waals surface area contributed by atoms with Gasteiger partial charge in [-0.25, -0.2) is 0 Å². The fourth-order valence-electron chi connectivity index (χ4n) is 1.65. The summed E-state index contributed by atoms with van der Waals surface area (Å²) in [7, 11) is 0. The van der Waals surface area contributed by atoms with E-state index in [0.717, 1.165) is 0 Å². The van der Waals surface area contributed by atoms with Gasteiger partial charge in [-0.05, 0) is 25.1 Å². The average Bonchev–Trinajstić information content (AvgIpc) is 2.43. The molecule has 0 atom stereocenters. The third-order valence-electron chi connectivity index (χ3n) is 2.31. The lowest BCUT2D eigenvalue weighted by atomic mass is 10.1. The van der Waals surface area contributed by atoms with Crippen LogP contribution in [0.25, 0.3) is 0 Å². The predicted molar refractivity (Wildman–Crippen MR) is 58.8 cm³/mol. The fraction of sp³-hybridized carbons (Fsp3) is 0.182. The van der Waals surface area contributed by atoms with Gasteiger partial charge >= 0.3 is 0 Å². The highest BCUT2D eigenvalue weighted by Gasteiger charge is 2.36. The lowest BCUT2D eigenvalue weighted by molar-refractivity contribution is -0.119. The molecule has 0 bridgehead atoms. The number of hydrogen-bond acceptors (Lipinski definition) is 3. The molecule has 4 nitrogen and oxygen atoms in total. The number of amides is 1. The van der Waals surface area contributed by atoms with Crippen LogP contribution in [0.4, 0.5) is 5.69 Å². The standard InChI is InChI=1S/C11H8ClNO3/c1-6(14)5-13-9-3-2-7(12)4-8(9)10(15)11(13)16/h2-4H,5H2,1H3. The Morgan fingerprint density at radius 2 is 2.06 bits per heavy atom. The van der Waals surface area contributed by atoms with Gasteiger partial charge in [-0.2, -0.15) is 0 Å². The van der Waals surface area contributed by atoms with Gasteiger partial charge in [0.05, 0.1) is 17.8 Å². The highest BCUT2D eigenvalue weighted by atomic mass is 35.5. The molecule has 2 rings (SSSR count). The molecule has 0 aromatic heterocycles. The number of carbonyl (C=O) groups excluding carboxylic acids is 3. The van der Waals surface area contributed by atoms with Crippen LogP contribution in [-0.4, -0.2) is 24.0 Å². The van der Waals surface area contributed by atoms with Gasteiger partial charge in [-0.3, -0.25) is 19.3 Å². The molecule has 0 radical (unpaired) electrons. The second-order valence-electron chi connectivity index (χ2n) is 3.58. The van der Waals surface area contributed by atoms with E-state index in [9.17, 15) is 14.4 Å². The quantitative estimate of drug-likeness (QED) is 0.732. The molecule has 0 fully saturated rings. The van der Waals surface area contributed by atoms with Crippen molar-refractivity contribution < 1.29 is 14.4 Å². The van der Waals surface area contributed by atoms with E-state index in [1.807, 2.05) is 0 Å². The van der Waals surface area contributed by atoms with Gasteiger partial charge in [0, 0.05) is 5.02 Å².